The van der Waals surface area contributed by atoms with Gasteiger partial charge in [-0.25, -0.2) is 9.78 Å². The minimum Gasteiger partial charge on any atom is -0.478 e. The molecular formula is C13H21N3O2. The van der Waals surface area contributed by atoms with Crippen molar-refractivity contribution in [3.63, 3.8) is 0 Å². The fourth-order valence-corrected chi connectivity index (χ4v) is 1.26. The highest BCUT2D eigenvalue weighted by Gasteiger charge is 2.22. The van der Waals surface area contributed by atoms with Gasteiger partial charge in [0, 0.05) is 12.7 Å². The van der Waals surface area contributed by atoms with E-state index in [1.165, 1.54) is 12.3 Å². The fraction of sp³-hybridized carbons (Fsp3) is 0.538. The van der Waals surface area contributed by atoms with E-state index in [2.05, 4.69) is 38.0 Å². The van der Waals surface area contributed by atoms with Crippen LogP contribution in [0.2, 0.25) is 0 Å². The van der Waals surface area contributed by atoms with Gasteiger partial charge in [-0.15, -0.1) is 0 Å². The number of carbonyl (C=O) groups is 1. The number of carboxylic acid groups (broad SMARTS) is 1. The Bertz CT molecular complexity index is 442. The van der Waals surface area contributed by atoms with Crippen molar-refractivity contribution in [2.45, 2.75) is 27.7 Å². The zero-order valence-corrected chi connectivity index (χ0v) is 11.3. The minimum atomic E-state index is -1.02. The van der Waals surface area contributed by atoms with Crippen LogP contribution in [0, 0.1) is 11.3 Å². The van der Waals surface area contributed by atoms with E-state index in [9.17, 15) is 4.79 Å². The van der Waals surface area contributed by atoms with Crippen LogP contribution < -0.4 is 11.1 Å². The quantitative estimate of drug-likeness (QED) is 0.748. The molecule has 5 heteroatoms. The van der Waals surface area contributed by atoms with Crippen LogP contribution >= 0.6 is 0 Å². The number of aromatic carboxylic acids is 1. The van der Waals surface area contributed by atoms with Crippen molar-refractivity contribution in [3.8, 4) is 0 Å². The van der Waals surface area contributed by atoms with E-state index in [0.29, 0.717) is 17.4 Å². The molecule has 0 radical (unpaired) electrons. The molecule has 100 valence electrons. The van der Waals surface area contributed by atoms with Crippen LogP contribution in [-0.2, 0) is 0 Å². The molecular weight excluding hydrogens is 230 g/mol. The lowest BCUT2D eigenvalue weighted by Crippen LogP contribution is -2.29. The molecule has 0 aliphatic carbocycles. The molecule has 0 aliphatic heterocycles. The lowest BCUT2D eigenvalue weighted by molar-refractivity contribution is 0.0696. The molecule has 1 aromatic heterocycles. The summed E-state index contributed by atoms with van der Waals surface area (Å²) in [6, 6.07) is 1.42. The zero-order valence-electron chi connectivity index (χ0n) is 11.3. The average Bonchev–Trinajstić information content (AvgIpc) is 2.26. The van der Waals surface area contributed by atoms with Crippen LogP contribution in [0.5, 0.6) is 0 Å². The SMILES string of the molecule is CC(C)C(C)(C)CNc1ncc(C(=O)O)cc1N. The largest absolute Gasteiger partial charge is 0.478 e. The summed E-state index contributed by atoms with van der Waals surface area (Å²) in [5.41, 5.74) is 6.34. The van der Waals surface area contributed by atoms with E-state index >= 15 is 0 Å². The summed E-state index contributed by atoms with van der Waals surface area (Å²) in [7, 11) is 0. The topological polar surface area (TPSA) is 88.2 Å². The van der Waals surface area contributed by atoms with E-state index in [1.54, 1.807) is 0 Å². The molecule has 0 aromatic carbocycles. The van der Waals surface area contributed by atoms with Gasteiger partial charge < -0.3 is 16.2 Å². The van der Waals surface area contributed by atoms with Gasteiger partial charge in [-0.2, -0.15) is 0 Å². The number of nitrogens with two attached hydrogens (primary N) is 1. The first-order chi connectivity index (χ1) is 8.24. The Hall–Kier alpha value is -1.78. The predicted molar refractivity (Wildman–Crippen MR) is 72.7 cm³/mol. The van der Waals surface area contributed by atoms with Gasteiger partial charge in [0.25, 0.3) is 0 Å². The number of pyridine rings is 1. The highest BCUT2D eigenvalue weighted by Crippen LogP contribution is 2.27. The molecule has 0 saturated heterocycles. The standard InChI is InChI=1S/C13H21N3O2/c1-8(2)13(3,4)7-16-11-10(14)5-9(6-15-11)12(17)18/h5-6,8H,7,14H2,1-4H3,(H,15,16)(H,17,18). The Morgan fingerprint density at radius 1 is 1.56 bits per heavy atom. The van der Waals surface area contributed by atoms with Crippen LogP contribution in [0.1, 0.15) is 38.1 Å². The van der Waals surface area contributed by atoms with Gasteiger partial charge >= 0.3 is 5.97 Å². The molecule has 0 aliphatic rings. The van der Waals surface area contributed by atoms with Gasteiger partial charge in [0.15, 0.2) is 0 Å². The number of rotatable bonds is 5. The minimum absolute atomic E-state index is 0.0983. The van der Waals surface area contributed by atoms with Crippen molar-refractivity contribution < 1.29 is 9.90 Å². The molecule has 0 amide bonds. The first-order valence-corrected chi connectivity index (χ1v) is 5.96. The van der Waals surface area contributed by atoms with Gasteiger partial charge in [0.1, 0.15) is 5.82 Å². The molecule has 4 N–H and O–H groups in total. The smallest absolute Gasteiger partial charge is 0.337 e. The van der Waals surface area contributed by atoms with Crippen LogP contribution in [0.3, 0.4) is 0 Å². The van der Waals surface area contributed by atoms with Crippen molar-refractivity contribution in [2.24, 2.45) is 11.3 Å². The number of nitrogens with zero attached hydrogens (tertiary/aromatic N) is 1. The molecule has 5 nitrogen and oxygen atoms in total. The van der Waals surface area contributed by atoms with E-state index in [1.807, 2.05) is 0 Å². The zero-order chi connectivity index (χ0) is 13.9. The normalized spacial score (nSPS) is 11.6. The molecule has 18 heavy (non-hydrogen) atoms. The summed E-state index contributed by atoms with van der Waals surface area (Å²) in [5, 5.41) is 12.0. The highest BCUT2D eigenvalue weighted by molar-refractivity contribution is 5.89. The van der Waals surface area contributed by atoms with Crippen LogP contribution in [0.25, 0.3) is 0 Å². The van der Waals surface area contributed by atoms with Gasteiger partial charge in [-0.05, 0) is 17.4 Å². The van der Waals surface area contributed by atoms with Crippen molar-refractivity contribution in [3.05, 3.63) is 17.8 Å². The molecule has 1 heterocycles. The molecule has 0 atom stereocenters. The summed E-state index contributed by atoms with van der Waals surface area (Å²) < 4.78 is 0. The van der Waals surface area contributed by atoms with Gasteiger partial charge in [-0.1, -0.05) is 27.7 Å². The van der Waals surface area contributed by atoms with E-state index in [-0.39, 0.29) is 11.0 Å². The summed E-state index contributed by atoms with van der Waals surface area (Å²) in [4.78, 5) is 14.8. The first-order valence-electron chi connectivity index (χ1n) is 5.96. The Labute approximate surface area is 107 Å². The number of nitrogens with one attached hydrogen (secondary N) is 1. The number of anilines is 2. The van der Waals surface area contributed by atoms with Crippen molar-refractivity contribution in [1.29, 1.82) is 0 Å². The maximum atomic E-state index is 10.8. The second-order valence-corrected chi connectivity index (χ2v) is 5.46. The molecule has 0 bridgehead atoms. The molecule has 0 unspecified atom stereocenters. The van der Waals surface area contributed by atoms with E-state index in [0.717, 1.165) is 6.54 Å². The summed E-state index contributed by atoms with van der Waals surface area (Å²) in [6.07, 6.45) is 1.31. The van der Waals surface area contributed by atoms with Gasteiger partial charge in [-0.3, -0.25) is 0 Å². The van der Waals surface area contributed by atoms with Gasteiger partial charge in [0.2, 0.25) is 0 Å². The third kappa shape index (κ3) is 3.35. The Morgan fingerprint density at radius 2 is 2.17 bits per heavy atom. The molecule has 0 fully saturated rings. The number of carboxylic acids is 1. The average molecular weight is 251 g/mol. The van der Waals surface area contributed by atoms with Crippen molar-refractivity contribution >= 4 is 17.5 Å². The summed E-state index contributed by atoms with van der Waals surface area (Å²) in [6.45, 7) is 9.37. The van der Waals surface area contributed by atoms with Crippen molar-refractivity contribution in [1.82, 2.24) is 4.98 Å². The Morgan fingerprint density at radius 3 is 2.61 bits per heavy atom. The number of aromatic nitrogens is 1. The molecule has 0 saturated carbocycles. The summed E-state index contributed by atoms with van der Waals surface area (Å²) in [5.74, 6) is 0.0292. The third-order valence-corrected chi connectivity index (χ3v) is 3.44. The highest BCUT2D eigenvalue weighted by atomic mass is 16.4. The fourth-order valence-electron chi connectivity index (χ4n) is 1.26. The molecule has 0 spiro atoms. The van der Waals surface area contributed by atoms with E-state index in [4.69, 9.17) is 10.8 Å². The second-order valence-electron chi connectivity index (χ2n) is 5.46. The number of hydrogen-bond donors (Lipinski definition) is 3. The molecule has 1 aromatic rings. The Kier molecular flexibility index (Phi) is 4.16. The Balaban J connectivity index is 2.78. The lowest BCUT2D eigenvalue weighted by Gasteiger charge is -2.29. The monoisotopic (exact) mass is 251 g/mol. The number of hydrogen-bond acceptors (Lipinski definition) is 4. The van der Waals surface area contributed by atoms with Crippen LogP contribution in [0.4, 0.5) is 11.5 Å². The third-order valence-electron chi connectivity index (χ3n) is 3.44. The summed E-state index contributed by atoms with van der Waals surface area (Å²) >= 11 is 0. The van der Waals surface area contributed by atoms with Crippen LogP contribution in [-0.4, -0.2) is 22.6 Å². The van der Waals surface area contributed by atoms with Crippen LogP contribution in [0.15, 0.2) is 12.3 Å². The maximum Gasteiger partial charge on any atom is 0.337 e. The first kappa shape index (κ1) is 14.3. The number of nitrogen functional groups attached to an aromatic ring is 1. The maximum absolute atomic E-state index is 10.8. The van der Waals surface area contributed by atoms with Gasteiger partial charge in [0.05, 0.1) is 11.3 Å². The second kappa shape index (κ2) is 5.25. The molecule has 1 rings (SSSR count). The lowest BCUT2D eigenvalue weighted by atomic mass is 9.81. The van der Waals surface area contributed by atoms with E-state index < -0.39 is 5.97 Å². The van der Waals surface area contributed by atoms with Crippen molar-refractivity contribution in [2.75, 3.05) is 17.6 Å². The predicted octanol–water partition coefficient (Wildman–Crippen LogP) is 2.46.